The van der Waals surface area contributed by atoms with Crippen LogP contribution >= 0.6 is 0 Å². The standard InChI is InChI=1S/C12H20N4/c1-12(2)5-3-7-16(12)11-14-8-10(4-6-13)9-15-11/h8-9H,3-7,13H2,1-2H3. The normalized spacial score (nSPS) is 19.1. The molecule has 1 aliphatic heterocycles. The first kappa shape index (κ1) is 11.3. The average Bonchev–Trinajstić information content (AvgIpc) is 2.60. The molecule has 1 aliphatic rings. The van der Waals surface area contributed by atoms with Crippen LogP contribution in [-0.2, 0) is 6.42 Å². The van der Waals surface area contributed by atoms with E-state index < -0.39 is 0 Å². The summed E-state index contributed by atoms with van der Waals surface area (Å²) < 4.78 is 0. The van der Waals surface area contributed by atoms with Gasteiger partial charge in [0.1, 0.15) is 0 Å². The van der Waals surface area contributed by atoms with Crippen molar-refractivity contribution in [1.82, 2.24) is 9.97 Å². The summed E-state index contributed by atoms with van der Waals surface area (Å²) in [5.74, 6) is 0.850. The molecule has 4 nitrogen and oxygen atoms in total. The molecule has 0 aliphatic carbocycles. The molecule has 0 amide bonds. The van der Waals surface area contributed by atoms with Gasteiger partial charge in [-0.25, -0.2) is 9.97 Å². The second kappa shape index (κ2) is 4.37. The van der Waals surface area contributed by atoms with Gasteiger partial charge in [-0.3, -0.25) is 0 Å². The molecule has 1 aromatic heterocycles. The summed E-state index contributed by atoms with van der Waals surface area (Å²) in [6, 6.07) is 0. The summed E-state index contributed by atoms with van der Waals surface area (Å²) in [5, 5.41) is 0. The Labute approximate surface area is 96.9 Å². The van der Waals surface area contributed by atoms with E-state index in [9.17, 15) is 0 Å². The van der Waals surface area contributed by atoms with Gasteiger partial charge in [-0.2, -0.15) is 0 Å². The Balaban J connectivity index is 2.15. The van der Waals surface area contributed by atoms with Crippen LogP contribution in [0.15, 0.2) is 12.4 Å². The van der Waals surface area contributed by atoms with Crippen LogP contribution in [0, 0.1) is 0 Å². The molecule has 88 valence electrons. The third kappa shape index (κ3) is 2.16. The molecule has 1 fully saturated rings. The lowest BCUT2D eigenvalue weighted by molar-refractivity contribution is 0.510. The van der Waals surface area contributed by atoms with Crippen LogP contribution in [0.5, 0.6) is 0 Å². The summed E-state index contributed by atoms with van der Waals surface area (Å²) in [4.78, 5) is 11.2. The molecule has 0 spiro atoms. The summed E-state index contributed by atoms with van der Waals surface area (Å²) in [6.45, 7) is 6.20. The Kier molecular flexibility index (Phi) is 3.10. The number of aromatic nitrogens is 2. The highest BCUT2D eigenvalue weighted by molar-refractivity contribution is 5.36. The van der Waals surface area contributed by atoms with E-state index in [0.29, 0.717) is 6.54 Å². The Morgan fingerprint density at radius 2 is 2.06 bits per heavy atom. The highest BCUT2D eigenvalue weighted by Gasteiger charge is 2.33. The minimum absolute atomic E-state index is 0.190. The van der Waals surface area contributed by atoms with Crippen molar-refractivity contribution in [3.8, 4) is 0 Å². The first-order valence-corrected chi connectivity index (χ1v) is 5.92. The van der Waals surface area contributed by atoms with E-state index in [-0.39, 0.29) is 5.54 Å². The van der Waals surface area contributed by atoms with Gasteiger partial charge in [-0.1, -0.05) is 0 Å². The van der Waals surface area contributed by atoms with E-state index in [2.05, 4.69) is 28.7 Å². The fourth-order valence-corrected chi connectivity index (χ4v) is 2.26. The van der Waals surface area contributed by atoms with Gasteiger partial charge < -0.3 is 10.6 Å². The van der Waals surface area contributed by atoms with Crippen LogP contribution in [0.1, 0.15) is 32.3 Å². The van der Waals surface area contributed by atoms with Crippen molar-refractivity contribution in [3.05, 3.63) is 18.0 Å². The Morgan fingerprint density at radius 1 is 1.38 bits per heavy atom. The Morgan fingerprint density at radius 3 is 2.56 bits per heavy atom. The average molecular weight is 220 g/mol. The van der Waals surface area contributed by atoms with Crippen molar-refractivity contribution < 1.29 is 0 Å². The second-order valence-electron chi connectivity index (χ2n) is 5.00. The lowest BCUT2D eigenvalue weighted by Gasteiger charge is -2.31. The predicted octanol–water partition coefficient (Wildman–Crippen LogP) is 1.36. The van der Waals surface area contributed by atoms with E-state index in [4.69, 9.17) is 5.73 Å². The van der Waals surface area contributed by atoms with Gasteiger partial charge in [-0.05, 0) is 45.2 Å². The van der Waals surface area contributed by atoms with Crippen LogP contribution < -0.4 is 10.6 Å². The van der Waals surface area contributed by atoms with Crippen molar-refractivity contribution >= 4 is 5.95 Å². The van der Waals surface area contributed by atoms with Gasteiger partial charge in [0, 0.05) is 24.5 Å². The fourth-order valence-electron chi connectivity index (χ4n) is 2.26. The number of nitrogens with zero attached hydrogens (tertiary/aromatic N) is 3. The number of hydrogen-bond acceptors (Lipinski definition) is 4. The van der Waals surface area contributed by atoms with E-state index >= 15 is 0 Å². The van der Waals surface area contributed by atoms with Crippen LogP contribution in [0.4, 0.5) is 5.95 Å². The van der Waals surface area contributed by atoms with Crippen molar-refractivity contribution in [1.29, 1.82) is 0 Å². The van der Waals surface area contributed by atoms with E-state index in [1.165, 1.54) is 12.8 Å². The van der Waals surface area contributed by atoms with Crippen molar-refractivity contribution in [2.45, 2.75) is 38.6 Å². The number of nitrogens with two attached hydrogens (primary N) is 1. The molecule has 0 unspecified atom stereocenters. The summed E-state index contributed by atoms with van der Waals surface area (Å²) in [5.41, 5.74) is 6.80. The maximum absolute atomic E-state index is 5.50. The lowest BCUT2D eigenvalue weighted by Crippen LogP contribution is -2.39. The molecule has 2 N–H and O–H groups in total. The molecular weight excluding hydrogens is 200 g/mol. The molecule has 2 heterocycles. The molecule has 4 heteroatoms. The lowest BCUT2D eigenvalue weighted by atomic mass is 10.0. The molecular formula is C12H20N4. The van der Waals surface area contributed by atoms with E-state index in [0.717, 1.165) is 24.5 Å². The Bertz CT molecular complexity index is 345. The highest BCUT2D eigenvalue weighted by atomic mass is 15.3. The van der Waals surface area contributed by atoms with Gasteiger partial charge in [0.15, 0.2) is 0 Å². The van der Waals surface area contributed by atoms with Crippen molar-refractivity contribution in [2.75, 3.05) is 18.0 Å². The van der Waals surface area contributed by atoms with Crippen molar-refractivity contribution in [2.24, 2.45) is 5.73 Å². The van der Waals surface area contributed by atoms with Crippen LogP contribution in [0.25, 0.3) is 0 Å². The summed E-state index contributed by atoms with van der Waals surface area (Å²) in [7, 11) is 0. The third-order valence-electron chi connectivity index (χ3n) is 3.27. The zero-order chi connectivity index (χ0) is 11.6. The number of hydrogen-bond donors (Lipinski definition) is 1. The first-order valence-electron chi connectivity index (χ1n) is 5.92. The second-order valence-corrected chi connectivity index (χ2v) is 5.00. The van der Waals surface area contributed by atoms with Crippen LogP contribution in [0.2, 0.25) is 0 Å². The van der Waals surface area contributed by atoms with Gasteiger partial charge in [0.25, 0.3) is 0 Å². The molecule has 0 bridgehead atoms. The zero-order valence-corrected chi connectivity index (χ0v) is 10.1. The largest absolute Gasteiger partial charge is 0.336 e. The zero-order valence-electron chi connectivity index (χ0n) is 10.1. The maximum Gasteiger partial charge on any atom is 0.225 e. The molecule has 16 heavy (non-hydrogen) atoms. The topological polar surface area (TPSA) is 55.0 Å². The first-order chi connectivity index (χ1) is 7.63. The van der Waals surface area contributed by atoms with Gasteiger partial charge in [0.2, 0.25) is 5.95 Å². The summed E-state index contributed by atoms with van der Waals surface area (Å²) >= 11 is 0. The maximum atomic E-state index is 5.50. The van der Waals surface area contributed by atoms with E-state index in [1.54, 1.807) is 0 Å². The SMILES string of the molecule is CC1(C)CCCN1c1ncc(CCN)cn1. The van der Waals surface area contributed by atoms with Crippen molar-refractivity contribution in [3.63, 3.8) is 0 Å². The monoisotopic (exact) mass is 220 g/mol. The molecule has 0 atom stereocenters. The smallest absolute Gasteiger partial charge is 0.225 e. The van der Waals surface area contributed by atoms with Crippen LogP contribution in [-0.4, -0.2) is 28.6 Å². The Hall–Kier alpha value is -1.16. The predicted molar refractivity (Wildman–Crippen MR) is 65.4 cm³/mol. The molecule has 0 aromatic carbocycles. The number of rotatable bonds is 3. The summed E-state index contributed by atoms with van der Waals surface area (Å²) in [6.07, 6.45) is 7.07. The third-order valence-corrected chi connectivity index (χ3v) is 3.27. The minimum Gasteiger partial charge on any atom is -0.336 e. The minimum atomic E-state index is 0.190. The van der Waals surface area contributed by atoms with Gasteiger partial charge in [-0.15, -0.1) is 0 Å². The molecule has 2 rings (SSSR count). The molecule has 1 aromatic rings. The fraction of sp³-hybridized carbons (Fsp3) is 0.667. The van der Waals surface area contributed by atoms with Gasteiger partial charge >= 0.3 is 0 Å². The van der Waals surface area contributed by atoms with Gasteiger partial charge in [0.05, 0.1) is 0 Å². The quantitative estimate of drug-likeness (QED) is 0.835. The van der Waals surface area contributed by atoms with E-state index in [1.807, 2.05) is 12.4 Å². The highest BCUT2D eigenvalue weighted by Crippen LogP contribution is 2.30. The molecule has 1 saturated heterocycles. The molecule has 0 saturated carbocycles. The molecule has 0 radical (unpaired) electrons. The van der Waals surface area contributed by atoms with Crippen LogP contribution in [0.3, 0.4) is 0 Å². The number of anilines is 1.